The van der Waals surface area contributed by atoms with Crippen LogP contribution in [0.2, 0.25) is 0 Å². The fourth-order valence-corrected chi connectivity index (χ4v) is 6.71. The second-order valence-corrected chi connectivity index (χ2v) is 14.8. The normalized spacial score (nSPS) is 17.1. The number of halogens is 3. The summed E-state index contributed by atoms with van der Waals surface area (Å²) >= 11 is 0. The number of hydrogen-bond donors (Lipinski definition) is 1. The molecule has 2 fully saturated rings. The van der Waals surface area contributed by atoms with Gasteiger partial charge in [0.25, 0.3) is 0 Å². The maximum absolute atomic E-state index is 13.6. The summed E-state index contributed by atoms with van der Waals surface area (Å²) in [5, 5.41) is 13.6. The van der Waals surface area contributed by atoms with Crippen molar-refractivity contribution in [2.24, 2.45) is 7.05 Å². The quantitative estimate of drug-likeness (QED) is 0.194. The van der Waals surface area contributed by atoms with Crippen LogP contribution in [0.1, 0.15) is 55.8 Å². The molecule has 0 amide bonds. The van der Waals surface area contributed by atoms with E-state index in [-0.39, 0.29) is 11.5 Å². The molecule has 1 N–H and O–H groups in total. The van der Waals surface area contributed by atoms with Gasteiger partial charge in [0.15, 0.2) is 5.82 Å². The molecule has 42 heavy (non-hydrogen) atoms. The first-order valence-corrected chi connectivity index (χ1v) is 16.4. The molecule has 12 heteroatoms. The number of H-pyrrole nitrogens is 1. The zero-order valence-electron chi connectivity index (χ0n) is 23.4. The van der Waals surface area contributed by atoms with Crippen molar-refractivity contribution in [2.45, 2.75) is 50.8 Å². The van der Waals surface area contributed by atoms with Crippen LogP contribution in [-0.2, 0) is 11.6 Å². The Morgan fingerprint density at radius 1 is 1.07 bits per heavy atom. The van der Waals surface area contributed by atoms with Gasteiger partial charge in [-0.15, -0.1) is 13.2 Å². The molecule has 1 atom stereocenters. The van der Waals surface area contributed by atoms with E-state index < -0.39 is 19.3 Å². The fourth-order valence-electron chi connectivity index (χ4n) is 5.57. The van der Waals surface area contributed by atoms with E-state index in [4.69, 9.17) is 10.1 Å². The monoisotopic (exact) mass is 594 g/mol. The number of imidazole rings is 1. The summed E-state index contributed by atoms with van der Waals surface area (Å²) in [6.07, 6.45) is 1.60. The summed E-state index contributed by atoms with van der Waals surface area (Å²) in [6, 6.07) is 12.3. The van der Waals surface area contributed by atoms with E-state index >= 15 is 0 Å². The van der Waals surface area contributed by atoms with Gasteiger partial charge in [-0.3, -0.25) is 5.10 Å². The third-order valence-electron chi connectivity index (χ3n) is 8.33. The lowest BCUT2D eigenvalue weighted by molar-refractivity contribution is -0.274. The van der Waals surface area contributed by atoms with Gasteiger partial charge in [0.2, 0.25) is 0 Å². The molecule has 2 aliphatic carbocycles. The van der Waals surface area contributed by atoms with Gasteiger partial charge in [-0.1, -0.05) is 25.1 Å². The summed E-state index contributed by atoms with van der Waals surface area (Å²) in [7, 11) is -1.01. The Labute approximate surface area is 240 Å². The standard InChI is InChI=1S/C30H30F3N6O2P/c1-4-42(3,40)19-12-13-21(25(14-19)41-30(31,32)33)29-34-27(28(38(29)2)18-10-11-18)20-6-5-7-23-22(20)16-39(37-23)26-15-24(35-36-26)17-8-9-17/h5-7,12-18H,4,8-11H2,1-3H3,(H,35,36). The lowest BCUT2D eigenvalue weighted by atomic mass is 10.0. The largest absolute Gasteiger partial charge is 0.573 e. The first-order valence-electron chi connectivity index (χ1n) is 14.1. The lowest BCUT2D eigenvalue weighted by Gasteiger charge is -2.17. The number of aromatic amines is 1. The minimum atomic E-state index is -4.92. The van der Waals surface area contributed by atoms with Crippen LogP contribution < -0.4 is 10.0 Å². The minimum Gasteiger partial charge on any atom is -0.405 e. The molecule has 1 unspecified atom stereocenters. The molecule has 2 aromatic carbocycles. The van der Waals surface area contributed by atoms with Crippen molar-refractivity contribution in [3.8, 4) is 34.2 Å². The average molecular weight is 595 g/mol. The van der Waals surface area contributed by atoms with Crippen LogP contribution in [0.5, 0.6) is 5.75 Å². The number of alkyl halides is 3. The number of fused-ring (bicyclic) bond motifs is 1. The second kappa shape index (κ2) is 9.59. The molecule has 0 spiro atoms. The van der Waals surface area contributed by atoms with Crippen molar-refractivity contribution in [1.29, 1.82) is 0 Å². The van der Waals surface area contributed by atoms with Crippen LogP contribution in [0.4, 0.5) is 13.2 Å². The third-order valence-corrected chi connectivity index (χ3v) is 10.9. The van der Waals surface area contributed by atoms with E-state index in [1.807, 2.05) is 42.1 Å². The zero-order chi connectivity index (χ0) is 29.4. The van der Waals surface area contributed by atoms with Gasteiger partial charge in [0.05, 0.1) is 16.8 Å². The molecule has 3 heterocycles. The molecule has 2 aliphatic rings. The van der Waals surface area contributed by atoms with Gasteiger partial charge in [0, 0.05) is 65.0 Å². The van der Waals surface area contributed by atoms with Gasteiger partial charge >= 0.3 is 6.36 Å². The Bertz CT molecular complexity index is 1880. The van der Waals surface area contributed by atoms with Crippen molar-refractivity contribution >= 4 is 23.3 Å². The molecule has 0 saturated heterocycles. The van der Waals surface area contributed by atoms with E-state index in [0.717, 1.165) is 53.5 Å². The van der Waals surface area contributed by atoms with Crippen LogP contribution in [0.15, 0.2) is 48.7 Å². The number of ether oxygens (including phenoxy) is 1. The van der Waals surface area contributed by atoms with E-state index in [9.17, 15) is 17.7 Å². The molecule has 0 radical (unpaired) electrons. The molecular weight excluding hydrogens is 564 g/mol. The zero-order valence-corrected chi connectivity index (χ0v) is 24.3. The van der Waals surface area contributed by atoms with Crippen LogP contribution in [-0.4, -0.2) is 48.7 Å². The summed E-state index contributed by atoms with van der Waals surface area (Å²) in [5.41, 5.74) is 4.57. The SMILES string of the molecule is CCP(C)(=O)c1ccc(-c2nc(-c3cccc4nn(-c5cc(C6CC6)[nH]n5)cc34)c(C3CC3)n2C)c(OC(F)(F)F)c1. The minimum absolute atomic E-state index is 0.190. The van der Waals surface area contributed by atoms with E-state index in [0.29, 0.717) is 34.7 Å². The summed E-state index contributed by atoms with van der Waals surface area (Å²) in [5.74, 6) is 1.43. The van der Waals surface area contributed by atoms with Crippen LogP contribution in [0.3, 0.4) is 0 Å². The predicted octanol–water partition coefficient (Wildman–Crippen LogP) is 7.11. The van der Waals surface area contributed by atoms with Crippen molar-refractivity contribution in [3.63, 3.8) is 0 Å². The van der Waals surface area contributed by atoms with E-state index in [1.54, 1.807) is 30.4 Å². The number of aromatic nitrogens is 6. The van der Waals surface area contributed by atoms with Gasteiger partial charge in [0.1, 0.15) is 18.7 Å². The number of benzene rings is 2. The molecule has 218 valence electrons. The Morgan fingerprint density at radius 2 is 1.83 bits per heavy atom. The van der Waals surface area contributed by atoms with E-state index in [1.165, 1.54) is 6.07 Å². The van der Waals surface area contributed by atoms with Crippen LogP contribution >= 0.6 is 7.14 Å². The molecule has 7 rings (SSSR count). The van der Waals surface area contributed by atoms with Crippen LogP contribution in [0.25, 0.3) is 39.4 Å². The smallest absolute Gasteiger partial charge is 0.405 e. The van der Waals surface area contributed by atoms with Crippen molar-refractivity contribution < 1.29 is 22.5 Å². The maximum atomic E-state index is 13.6. The molecule has 2 saturated carbocycles. The summed E-state index contributed by atoms with van der Waals surface area (Å²) in [6.45, 7) is 3.33. The number of hydrogen-bond acceptors (Lipinski definition) is 5. The molecule has 0 aliphatic heterocycles. The molecule has 8 nitrogen and oxygen atoms in total. The first kappa shape index (κ1) is 27.0. The lowest BCUT2D eigenvalue weighted by Crippen LogP contribution is -2.19. The number of nitrogens with zero attached hydrogens (tertiary/aromatic N) is 5. The van der Waals surface area contributed by atoms with Gasteiger partial charge in [-0.2, -0.15) is 10.2 Å². The number of rotatable bonds is 8. The van der Waals surface area contributed by atoms with Crippen molar-refractivity contribution in [2.75, 3.05) is 12.8 Å². The number of nitrogens with one attached hydrogen (secondary N) is 1. The molecule has 3 aromatic heterocycles. The Kier molecular flexibility index (Phi) is 6.17. The Balaban J connectivity index is 1.37. The average Bonchev–Trinajstić information content (AvgIpc) is 3.85. The second-order valence-electron chi connectivity index (χ2n) is 11.4. The maximum Gasteiger partial charge on any atom is 0.573 e. The van der Waals surface area contributed by atoms with Gasteiger partial charge < -0.3 is 13.9 Å². The van der Waals surface area contributed by atoms with Crippen LogP contribution in [0, 0.1) is 0 Å². The molecule has 0 bridgehead atoms. The Hall–Kier alpha value is -3.85. The topological polar surface area (TPSA) is 90.6 Å². The fraction of sp³-hybridized carbons (Fsp3) is 0.367. The van der Waals surface area contributed by atoms with Gasteiger partial charge in [-0.05, 0) is 50.5 Å². The highest BCUT2D eigenvalue weighted by atomic mass is 31.2. The summed E-state index contributed by atoms with van der Waals surface area (Å²) < 4.78 is 61.9. The molecule has 5 aromatic rings. The van der Waals surface area contributed by atoms with Crippen molar-refractivity contribution in [3.05, 3.63) is 60.0 Å². The van der Waals surface area contributed by atoms with Gasteiger partial charge in [-0.25, -0.2) is 9.67 Å². The summed E-state index contributed by atoms with van der Waals surface area (Å²) in [4.78, 5) is 4.97. The highest BCUT2D eigenvalue weighted by molar-refractivity contribution is 7.70. The van der Waals surface area contributed by atoms with Crippen molar-refractivity contribution in [1.82, 2.24) is 29.5 Å². The predicted molar refractivity (Wildman–Crippen MR) is 155 cm³/mol. The first-order chi connectivity index (χ1) is 20.0. The third kappa shape index (κ3) is 4.83. The molecular formula is C30H30F3N6O2P. The highest BCUT2D eigenvalue weighted by Crippen LogP contribution is 2.48. The van der Waals surface area contributed by atoms with E-state index in [2.05, 4.69) is 14.9 Å². The Morgan fingerprint density at radius 3 is 2.52 bits per heavy atom. The highest BCUT2D eigenvalue weighted by Gasteiger charge is 2.36.